The summed E-state index contributed by atoms with van der Waals surface area (Å²) in [6.07, 6.45) is 0.833. The Morgan fingerprint density at radius 2 is 2.30 bits per heavy atom. The minimum Gasteiger partial charge on any atom is -0.394 e. The van der Waals surface area contributed by atoms with Gasteiger partial charge in [0.05, 0.1) is 25.4 Å². The van der Waals surface area contributed by atoms with Crippen molar-refractivity contribution in [2.24, 2.45) is 5.73 Å². The number of benzene rings is 1. The Labute approximate surface area is 121 Å². The third kappa shape index (κ3) is 3.58. The molecule has 1 aliphatic rings. The molecular weight excluding hydrogens is 252 g/mol. The van der Waals surface area contributed by atoms with E-state index in [0.717, 1.165) is 19.5 Å². The van der Waals surface area contributed by atoms with Gasteiger partial charge in [-0.05, 0) is 18.9 Å². The molecule has 3 atom stereocenters. The molecular formula is C16H26N2O2. The molecule has 0 spiro atoms. The van der Waals surface area contributed by atoms with Crippen LogP contribution in [-0.2, 0) is 4.74 Å². The molecule has 3 N–H and O–H groups in total. The van der Waals surface area contributed by atoms with Gasteiger partial charge in [0.1, 0.15) is 0 Å². The van der Waals surface area contributed by atoms with E-state index in [1.807, 2.05) is 0 Å². The van der Waals surface area contributed by atoms with E-state index in [9.17, 15) is 5.11 Å². The van der Waals surface area contributed by atoms with Crippen LogP contribution in [0.2, 0.25) is 0 Å². The highest BCUT2D eigenvalue weighted by Crippen LogP contribution is 2.27. The van der Waals surface area contributed by atoms with Crippen LogP contribution in [0.25, 0.3) is 0 Å². The van der Waals surface area contributed by atoms with Gasteiger partial charge in [0.2, 0.25) is 0 Å². The van der Waals surface area contributed by atoms with Gasteiger partial charge in [0.15, 0.2) is 0 Å². The third-order valence-corrected chi connectivity index (χ3v) is 4.03. The van der Waals surface area contributed by atoms with Gasteiger partial charge in [0.25, 0.3) is 0 Å². The number of rotatable bonds is 5. The van der Waals surface area contributed by atoms with E-state index < -0.39 is 0 Å². The first-order valence-corrected chi connectivity index (χ1v) is 7.44. The lowest BCUT2D eigenvalue weighted by Gasteiger charge is -2.40. The maximum Gasteiger partial charge on any atom is 0.0933 e. The van der Waals surface area contributed by atoms with Crippen LogP contribution in [0.15, 0.2) is 24.3 Å². The monoisotopic (exact) mass is 278 g/mol. The number of aliphatic hydroxyl groups excluding tert-OH is 1. The summed E-state index contributed by atoms with van der Waals surface area (Å²) in [4.78, 5) is 2.35. The van der Waals surface area contributed by atoms with E-state index in [2.05, 4.69) is 43.0 Å². The van der Waals surface area contributed by atoms with Crippen molar-refractivity contribution in [3.63, 3.8) is 0 Å². The zero-order valence-electron chi connectivity index (χ0n) is 12.5. The van der Waals surface area contributed by atoms with Crippen molar-refractivity contribution in [1.29, 1.82) is 0 Å². The molecule has 0 saturated carbocycles. The van der Waals surface area contributed by atoms with Crippen LogP contribution in [0.1, 0.15) is 30.5 Å². The maximum absolute atomic E-state index is 9.32. The number of hydrogen-bond acceptors (Lipinski definition) is 4. The van der Waals surface area contributed by atoms with Crippen LogP contribution in [0.3, 0.4) is 0 Å². The summed E-state index contributed by atoms with van der Waals surface area (Å²) >= 11 is 0. The number of aliphatic hydroxyl groups is 1. The van der Waals surface area contributed by atoms with E-state index in [0.29, 0.717) is 6.61 Å². The number of hydrogen-bond donors (Lipinski definition) is 2. The Hall–Kier alpha value is -0.940. The van der Waals surface area contributed by atoms with E-state index in [1.54, 1.807) is 0 Å². The van der Waals surface area contributed by atoms with E-state index >= 15 is 0 Å². The molecule has 0 aliphatic carbocycles. The molecule has 2 rings (SSSR count). The molecule has 1 aromatic carbocycles. The molecule has 1 aliphatic heterocycles. The fourth-order valence-corrected chi connectivity index (χ4v) is 2.91. The van der Waals surface area contributed by atoms with Crippen LogP contribution < -0.4 is 5.73 Å². The normalized spacial score (nSPS) is 23.5. The lowest BCUT2D eigenvalue weighted by molar-refractivity contribution is -0.0682. The maximum atomic E-state index is 9.32. The topological polar surface area (TPSA) is 58.7 Å². The summed E-state index contributed by atoms with van der Waals surface area (Å²) in [5.74, 6) is 0. The van der Waals surface area contributed by atoms with E-state index in [1.165, 1.54) is 11.1 Å². The van der Waals surface area contributed by atoms with Gasteiger partial charge in [-0.15, -0.1) is 0 Å². The van der Waals surface area contributed by atoms with Gasteiger partial charge in [-0.1, -0.05) is 36.8 Å². The Balaban J connectivity index is 2.23. The molecule has 3 unspecified atom stereocenters. The van der Waals surface area contributed by atoms with Crippen LogP contribution in [-0.4, -0.2) is 48.5 Å². The smallest absolute Gasteiger partial charge is 0.0933 e. The molecule has 1 fully saturated rings. The number of aryl methyl sites for hydroxylation is 1. The van der Waals surface area contributed by atoms with Crippen LogP contribution in [0.5, 0.6) is 0 Å². The first kappa shape index (κ1) is 15.4. The first-order chi connectivity index (χ1) is 9.65. The van der Waals surface area contributed by atoms with Crippen molar-refractivity contribution in [2.45, 2.75) is 38.5 Å². The van der Waals surface area contributed by atoms with Crippen molar-refractivity contribution in [3.05, 3.63) is 35.4 Å². The number of nitrogens with two attached hydrogens (primary N) is 1. The fraction of sp³-hybridized carbons (Fsp3) is 0.625. The second-order valence-electron chi connectivity index (χ2n) is 5.60. The molecule has 4 nitrogen and oxygen atoms in total. The highest BCUT2D eigenvalue weighted by Gasteiger charge is 2.30. The molecule has 1 saturated heterocycles. The molecule has 0 radical (unpaired) electrons. The minimum atomic E-state index is -0.0971. The Morgan fingerprint density at radius 3 is 2.95 bits per heavy atom. The summed E-state index contributed by atoms with van der Waals surface area (Å²) in [6.45, 7) is 6.55. The summed E-state index contributed by atoms with van der Waals surface area (Å²) in [6, 6.07) is 8.84. The average molecular weight is 278 g/mol. The summed E-state index contributed by atoms with van der Waals surface area (Å²) in [5.41, 5.74) is 8.89. The Bertz CT molecular complexity index is 425. The van der Waals surface area contributed by atoms with Gasteiger partial charge in [0, 0.05) is 19.1 Å². The van der Waals surface area contributed by atoms with Crippen LogP contribution >= 0.6 is 0 Å². The number of ether oxygens (including phenoxy) is 1. The highest BCUT2D eigenvalue weighted by atomic mass is 16.5. The quantitative estimate of drug-likeness (QED) is 0.856. The predicted molar refractivity (Wildman–Crippen MR) is 80.6 cm³/mol. The van der Waals surface area contributed by atoms with Crippen molar-refractivity contribution in [1.82, 2.24) is 4.90 Å². The van der Waals surface area contributed by atoms with Gasteiger partial charge in [-0.25, -0.2) is 0 Å². The lowest BCUT2D eigenvalue weighted by Crippen LogP contribution is -2.50. The second-order valence-corrected chi connectivity index (χ2v) is 5.60. The standard InChI is InChI=1S/C16H26N2O2/c1-3-15(17)16(13-6-4-5-12(2)9-13)18-7-8-20-14(10-18)11-19/h4-6,9,14-16,19H,3,7-8,10-11,17H2,1-2H3. The van der Waals surface area contributed by atoms with E-state index in [4.69, 9.17) is 10.5 Å². The number of morpholine rings is 1. The molecule has 0 amide bonds. The van der Waals surface area contributed by atoms with Crippen LogP contribution in [0, 0.1) is 6.92 Å². The molecule has 4 heteroatoms. The molecule has 20 heavy (non-hydrogen) atoms. The van der Waals surface area contributed by atoms with Gasteiger partial charge in [-0.3, -0.25) is 4.90 Å². The summed E-state index contributed by atoms with van der Waals surface area (Å²) in [7, 11) is 0. The lowest BCUT2D eigenvalue weighted by atomic mass is 9.94. The van der Waals surface area contributed by atoms with E-state index in [-0.39, 0.29) is 24.8 Å². The zero-order chi connectivity index (χ0) is 14.5. The van der Waals surface area contributed by atoms with Crippen molar-refractivity contribution in [3.8, 4) is 0 Å². The SMILES string of the molecule is CCC(N)C(c1cccc(C)c1)N1CCOC(CO)C1. The van der Waals surface area contributed by atoms with Crippen molar-refractivity contribution < 1.29 is 9.84 Å². The van der Waals surface area contributed by atoms with Gasteiger partial charge >= 0.3 is 0 Å². The molecule has 0 aromatic heterocycles. The summed E-state index contributed by atoms with van der Waals surface area (Å²) in [5, 5.41) is 9.32. The zero-order valence-corrected chi connectivity index (χ0v) is 12.5. The minimum absolute atomic E-state index is 0.0679. The average Bonchev–Trinajstić information content (AvgIpc) is 2.47. The van der Waals surface area contributed by atoms with Gasteiger partial charge in [-0.2, -0.15) is 0 Å². The predicted octanol–water partition coefficient (Wildman–Crippen LogP) is 1.47. The van der Waals surface area contributed by atoms with Crippen molar-refractivity contribution >= 4 is 0 Å². The fourth-order valence-electron chi connectivity index (χ4n) is 2.91. The van der Waals surface area contributed by atoms with Crippen molar-refractivity contribution in [2.75, 3.05) is 26.3 Å². The Morgan fingerprint density at radius 1 is 1.50 bits per heavy atom. The van der Waals surface area contributed by atoms with Crippen LogP contribution in [0.4, 0.5) is 0 Å². The Kier molecular flexibility index (Phi) is 5.54. The largest absolute Gasteiger partial charge is 0.394 e. The third-order valence-electron chi connectivity index (χ3n) is 4.03. The first-order valence-electron chi connectivity index (χ1n) is 7.44. The number of nitrogens with zero attached hydrogens (tertiary/aromatic N) is 1. The highest BCUT2D eigenvalue weighted by molar-refractivity contribution is 5.26. The van der Waals surface area contributed by atoms with Gasteiger partial charge < -0.3 is 15.6 Å². The molecule has 1 aromatic rings. The summed E-state index contributed by atoms with van der Waals surface area (Å²) < 4.78 is 5.55. The molecule has 112 valence electrons. The second kappa shape index (κ2) is 7.18. The molecule has 1 heterocycles. The molecule has 0 bridgehead atoms.